The van der Waals surface area contributed by atoms with Crippen molar-refractivity contribution in [2.24, 2.45) is 0 Å². The Balaban J connectivity index is 1.71. The first-order chi connectivity index (χ1) is 27.2. The fraction of sp³-hybridized carbons (Fsp3) is 0.442. The summed E-state index contributed by atoms with van der Waals surface area (Å²) in [6.07, 6.45) is 31.8. The Hall–Kier alpha value is -4.30. The van der Waals surface area contributed by atoms with Gasteiger partial charge in [-0.3, -0.25) is 9.59 Å². The first kappa shape index (κ1) is 47.9. The molecule has 0 unspecified atom stereocenters. The highest BCUT2D eigenvalue weighted by Crippen LogP contribution is 2.38. The predicted octanol–water partition coefficient (Wildman–Crippen LogP) is 8.27. The van der Waals surface area contributed by atoms with Gasteiger partial charge in [-0.25, -0.2) is 4.79 Å². The number of hydrogen-bond donors (Lipinski definition) is 5. The lowest BCUT2D eigenvalue weighted by Crippen LogP contribution is -2.51. The summed E-state index contributed by atoms with van der Waals surface area (Å²) < 4.78 is 10.1. The van der Waals surface area contributed by atoms with Crippen molar-refractivity contribution in [2.45, 2.75) is 89.0 Å². The molecule has 1 aromatic carbocycles. The number of rotatable bonds is 28. The zero-order valence-electron chi connectivity index (χ0n) is 32.9. The highest BCUT2D eigenvalue weighted by Gasteiger charge is 2.34. The molecular formula is C43H60N4O7S2. The topological polar surface area (TPSA) is 163 Å². The number of carbonyl (C=O) groups excluding carboxylic acids is 3. The number of benzene rings is 1. The molecule has 2 aromatic rings. The average Bonchev–Trinajstić information content (AvgIpc) is 3.70. The van der Waals surface area contributed by atoms with Crippen LogP contribution in [0.2, 0.25) is 0 Å². The SMILES string of the molecule is CC/C=C\C/C=C\C/C=C\C/C=C\C/C=C\C/C=C\CCC(=O)NCCSSC(C)(C)[C@@H](COC(=O)NC(CO)CO)NC(=O)c1cc(-c2ccccc2)on1. The minimum Gasteiger partial charge on any atom is -0.447 e. The molecule has 0 saturated heterocycles. The molecule has 5 N–H and O–H groups in total. The van der Waals surface area contributed by atoms with E-state index < -0.39 is 42.0 Å². The summed E-state index contributed by atoms with van der Waals surface area (Å²) in [6.45, 7) is 5.31. The first-order valence-corrected chi connectivity index (χ1v) is 21.5. The van der Waals surface area contributed by atoms with Crippen LogP contribution in [0.1, 0.15) is 82.6 Å². The number of aliphatic hydroxyl groups excluding tert-OH is 2. The Morgan fingerprint density at radius 2 is 1.41 bits per heavy atom. The van der Waals surface area contributed by atoms with Crippen LogP contribution in [0.4, 0.5) is 4.79 Å². The summed E-state index contributed by atoms with van der Waals surface area (Å²) in [5.74, 6) is 0.516. The normalized spacial score (nSPS) is 13.0. The molecule has 0 aliphatic carbocycles. The minimum absolute atomic E-state index is 0.0227. The van der Waals surface area contributed by atoms with Gasteiger partial charge in [0, 0.05) is 35.1 Å². The molecule has 3 amide bonds. The lowest BCUT2D eigenvalue weighted by molar-refractivity contribution is -0.120. The van der Waals surface area contributed by atoms with Crippen LogP contribution in [-0.4, -0.2) is 82.2 Å². The van der Waals surface area contributed by atoms with Crippen molar-refractivity contribution >= 4 is 39.5 Å². The molecule has 0 spiro atoms. The largest absolute Gasteiger partial charge is 0.447 e. The number of hydrogen-bond acceptors (Lipinski definition) is 10. The molecule has 0 aliphatic heterocycles. The summed E-state index contributed by atoms with van der Waals surface area (Å²) in [4.78, 5) is 38.0. The second-order valence-electron chi connectivity index (χ2n) is 13.1. The van der Waals surface area contributed by atoms with Crippen LogP contribution in [0, 0.1) is 0 Å². The lowest BCUT2D eigenvalue weighted by atomic mass is 10.0. The van der Waals surface area contributed by atoms with Gasteiger partial charge in [0.25, 0.3) is 5.91 Å². The maximum atomic E-state index is 13.3. The van der Waals surface area contributed by atoms with Gasteiger partial charge in [0.05, 0.1) is 25.3 Å². The molecule has 1 heterocycles. The Morgan fingerprint density at radius 1 is 0.839 bits per heavy atom. The van der Waals surface area contributed by atoms with Gasteiger partial charge in [-0.2, -0.15) is 0 Å². The fourth-order valence-electron chi connectivity index (χ4n) is 4.71. The van der Waals surface area contributed by atoms with E-state index in [0.29, 0.717) is 30.9 Å². The number of allylic oxidation sites excluding steroid dienone is 12. The number of alkyl carbamates (subject to hydrolysis) is 1. The molecule has 2 rings (SSSR count). The summed E-state index contributed by atoms with van der Waals surface area (Å²) in [6, 6.07) is 9.26. The van der Waals surface area contributed by atoms with Crippen LogP contribution in [-0.2, 0) is 9.53 Å². The van der Waals surface area contributed by atoms with Gasteiger partial charge < -0.3 is 35.4 Å². The fourth-order valence-corrected chi connectivity index (χ4v) is 7.29. The standard InChI is InChI=1S/C43H60N4O7S2/c1-4-5-6-7-8-9-10-11-12-13-14-15-16-17-18-19-20-21-25-28-40(50)44-29-30-55-56-43(2,3)39(34-53-42(52)45-36(32-48)33-49)46-41(51)37-31-38(54-47-37)35-26-23-22-24-27-35/h5-6,8-9,11-12,14-15,17-18,20-24,26-27,31,36,39,48-49H,4,7,10,13,16,19,25,28-30,32-34H2,1-3H3,(H,44,50)(H,45,52)(H,46,51)/b6-5-,9-8-,12-11-,15-14-,18-17-,21-20-/t39-/m1/s1. The van der Waals surface area contributed by atoms with Gasteiger partial charge in [0.1, 0.15) is 6.61 Å². The van der Waals surface area contributed by atoms with Crippen LogP contribution in [0.5, 0.6) is 0 Å². The molecule has 1 aromatic heterocycles. The number of aliphatic hydroxyl groups is 2. The van der Waals surface area contributed by atoms with Crippen molar-refractivity contribution in [1.82, 2.24) is 21.1 Å². The third kappa shape index (κ3) is 21.7. The smallest absolute Gasteiger partial charge is 0.407 e. The molecule has 13 heteroatoms. The zero-order valence-corrected chi connectivity index (χ0v) is 34.6. The molecule has 0 fully saturated rings. The van der Waals surface area contributed by atoms with Crippen molar-refractivity contribution in [3.05, 3.63) is 115 Å². The zero-order chi connectivity index (χ0) is 40.7. The third-order valence-electron chi connectivity index (χ3n) is 8.01. The summed E-state index contributed by atoms with van der Waals surface area (Å²) in [5, 5.41) is 30.8. The highest BCUT2D eigenvalue weighted by molar-refractivity contribution is 8.77. The van der Waals surface area contributed by atoms with E-state index in [2.05, 4.69) is 94.9 Å². The summed E-state index contributed by atoms with van der Waals surface area (Å²) in [7, 11) is 3.00. The molecule has 0 aliphatic rings. The lowest BCUT2D eigenvalue weighted by Gasteiger charge is -2.33. The first-order valence-electron chi connectivity index (χ1n) is 19.1. The van der Waals surface area contributed by atoms with Crippen molar-refractivity contribution in [1.29, 1.82) is 0 Å². The van der Waals surface area contributed by atoms with Crippen LogP contribution < -0.4 is 16.0 Å². The number of carbonyl (C=O) groups is 3. The van der Waals surface area contributed by atoms with Crippen LogP contribution in [0.15, 0.2) is 114 Å². The molecule has 1 atom stereocenters. The van der Waals surface area contributed by atoms with Gasteiger partial charge in [-0.15, -0.1) is 0 Å². The maximum Gasteiger partial charge on any atom is 0.407 e. The molecule has 56 heavy (non-hydrogen) atoms. The second kappa shape index (κ2) is 29.9. The molecule has 11 nitrogen and oxygen atoms in total. The van der Waals surface area contributed by atoms with Crippen molar-refractivity contribution < 1.29 is 33.9 Å². The van der Waals surface area contributed by atoms with E-state index in [1.807, 2.05) is 50.3 Å². The molecule has 0 radical (unpaired) electrons. The average molecular weight is 809 g/mol. The van der Waals surface area contributed by atoms with Gasteiger partial charge >= 0.3 is 6.09 Å². The Kier molecular flexibility index (Phi) is 25.6. The summed E-state index contributed by atoms with van der Waals surface area (Å²) >= 11 is 0. The molecular weight excluding hydrogens is 749 g/mol. The van der Waals surface area contributed by atoms with Crippen molar-refractivity contribution in [2.75, 3.05) is 32.1 Å². The van der Waals surface area contributed by atoms with E-state index in [1.54, 1.807) is 6.07 Å². The number of aromatic nitrogens is 1. The van der Waals surface area contributed by atoms with E-state index in [1.165, 1.54) is 21.6 Å². The molecule has 0 saturated carbocycles. The van der Waals surface area contributed by atoms with Crippen molar-refractivity contribution in [3.63, 3.8) is 0 Å². The van der Waals surface area contributed by atoms with Gasteiger partial charge in [-0.05, 0) is 58.8 Å². The summed E-state index contributed by atoms with van der Waals surface area (Å²) in [5.41, 5.74) is 0.838. The van der Waals surface area contributed by atoms with Gasteiger partial charge in [-0.1, -0.05) is 137 Å². The van der Waals surface area contributed by atoms with E-state index in [4.69, 9.17) is 9.26 Å². The van der Waals surface area contributed by atoms with E-state index >= 15 is 0 Å². The number of ether oxygens (including phenoxy) is 1. The number of nitrogens with one attached hydrogen (secondary N) is 3. The Labute approximate surface area is 340 Å². The molecule has 306 valence electrons. The quantitative estimate of drug-likeness (QED) is 0.0321. The van der Waals surface area contributed by atoms with Gasteiger partial charge in [0.15, 0.2) is 11.5 Å². The Morgan fingerprint density at radius 3 is 1.98 bits per heavy atom. The molecule has 0 bridgehead atoms. The number of amides is 3. The van der Waals surface area contributed by atoms with E-state index in [-0.39, 0.29) is 18.2 Å². The second-order valence-corrected chi connectivity index (χ2v) is 16.2. The van der Waals surface area contributed by atoms with E-state index in [0.717, 1.165) is 44.1 Å². The highest BCUT2D eigenvalue weighted by atomic mass is 33.1. The Bertz CT molecular complexity index is 1580. The van der Waals surface area contributed by atoms with Gasteiger partial charge in [0.2, 0.25) is 5.91 Å². The predicted molar refractivity (Wildman–Crippen MR) is 230 cm³/mol. The van der Waals surface area contributed by atoms with E-state index in [9.17, 15) is 24.6 Å². The maximum absolute atomic E-state index is 13.3. The van der Waals surface area contributed by atoms with Crippen LogP contribution in [0.3, 0.4) is 0 Å². The minimum atomic E-state index is -0.874. The van der Waals surface area contributed by atoms with Crippen molar-refractivity contribution in [3.8, 4) is 11.3 Å². The monoisotopic (exact) mass is 808 g/mol. The third-order valence-corrected chi connectivity index (χ3v) is 11.4. The van der Waals surface area contributed by atoms with Crippen LogP contribution in [0.25, 0.3) is 11.3 Å². The van der Waals surface area contributed by atoms with Crippen LogP contribution >= 0.6 is 21.6 Å². The number of nitrogens with zero attached hydrogens (tertiary/aromatic N) is 1.